The fourth-order valence-corrected chi connectivity index (χ4v) is 5.59. The second-order valence-electron chi connectivity index (χ2n) is 10.2. The molecule has 36 heavy (non-hydrogen) atoms. The van der Waals surface area contributed by atoms with Crippen molar-refractivity contribution in [3.05, 3.63) is 57.6 Å². The van der Waals surface area contributed by atoms with E-state index in [4.69, 9.17) is 10.2 Å². The maximum atomic E-state index is 15.1. The molecule has 8 nitrogen and oxygen atoms in total. The van der Waals surface area contributed by atoms with E-state index in [-0.39, 0.29) is 36.1 Å². The first-order valence-electron chi connectivity index (χ1n) is 13.0. The number of fused-ring (bicyclic) bond motifs is 1. The summed E-state index contributed by atoms with van der Waals surface area (Å²) in [6, 6.07) is 7.91. The summed E-state index contributed by atoms with van der Waals surface area (Å²) >= 11 is 0. The molecule has 3 aromatic heterocycles. The molecule has 2 fully saturated rings. The van der Waals surface area contributed by atoms with Crippen LogP contribution >= 0.6 is 0 Å². The average molecular weight is 492 g/mol. The van der Waals surface area contributed by atoms with Crippen molar-refractivity contribution in [1.29, 1.82) is 5.26 Å². The highest BCUT2D eigenvalue weighted by molar-refractivity contribution is 5.69. The van der Waals surface area contributed by atoms with E-state index in [2.05, 4.69) is 41.6 Å². The molecule has 0 spiro atoms. The number of aromatic nitrogens is 4. The second kappa shape index (κ2) is 9.66. The summed E-state index contributed by atoms with van der Waals surface area (Å²) in [5.74, 6) is 0.0694. The Balaban J connectivity index is 1.48. The summed E-state index contributed by atoms with van der Waals surface area (Å²) in [6.45, 7) is 7.82. The maximum absolute atomic E-state index is 15.1. The Morgan fingerprint density at radius 2 is 1.92 bits per heavy atom. The number of pyridine rings is 1. The monoisotopic (exact) mass is 491 g/mol. The lowest BCUT2D eigenvalue weighted by atomic mass is 9.97. The van der Waals surface area contributed by atoms with Crippen LogP contribution in [0, 0.1) is 17.3 Å². The number of nitrogens with zero attached hydrogens (tertiary/aromatic N) is 7. The number of nitriles is 1. The highest BCUT2D eigenvalue weighted by atomic mass is 19.1. The molecular weight excluding hydrogens is 457 g/mol. The minimum Gasteiger partial charge on any atom is -0.362 e. The molecule has 1 aliphatic heterocycles. The lowest BCUT2D eigenvalue weighted by molar-refractivity contribution is 0.0988. The van der Waals surface area contributed by atoms with Gasteiger partial charge in [-0.1, -0.05) is 19.9 Å². The van der Waals surface area contributed by atoms with Crippen molar-refractivity contribution in [2.75, 3.05) is 18.0 Å². The lowest BCUT2D eigenvalue weighted by Crippen LogP contribution is -2.59. The number of halogens is 1. The van der Waals surface area contributed by atoms with Crippen LogP contribution in [0.1, 0.15) is 75.4 Å². The summed E-state index contributed by atoms with van der Waals surface area (Å²) in [4.78, 5) is 26.5. The van der Waals surface area contributed by atoms with Crippen molar-refractivity contribution in [3.63, 3.8) is 0 Å². The van der Waals surface area contributed by atoms with Gasteiger partial charge in [0, 0.05) is 61.5 Å². The number of piperazine rings is 1. The summed E-state index contributed by atoms with van der Waals surface area (Å²) < 4.78 is 18.4. The largest absolute Gasteiger partial charge is 0.362 e. The molecule has 2 aliphatic rings. The van der Waals surface area contributed by atoms with E-state index >= 15 is 4.39 Å². The Hall–Kier alpha value is -3.25. The standard InChI is InChI=1S/C27H34FN7O/c1-5-20-16-34(24-13-25(36)32(4)35-14-19(11-12-29)30-27(24)35)21(6-2)15-33(20)17(3)22-9-10-23(18-7-8-18)31-26(22)28/h9-10,13-14,17-18,20-21H,5-8,11,15-16H2,1-4H3/t17?,20-,21+/m1/s1. The maximum Gasteiger partial charge on any atom is 0.267 e. The first-order valence-corrected chi connectivity index (χ1v) is 13.0. The molecule has 3 aromatic rings. The molecule has 3 atom stereocenters. The number of anilines is 1. The molecule has 1 aliphatic carbocycles. The van der Waals surface area contributed by atoms with Crippen LogP contribution in [0.3, 0.4) is 0 Å². The predicted octanol–water partition coefficient (Wildman–Crippen LogP) is 3.95. The van der Waals surface area contributed by atoms with Gasteiger partial charge in [0.1, 0.15) is 0 Å². The fraction of sp³-hybridized carbons (Fsp3) is 0.556. The third kappa shape index (κ3) is 4.28. The number of rotatable bonds is 7. The van der Waals surface area contributed by atoms with E-state index in [1.165, 1.54) is 4.68 Å². The van der Waals surface area contributed by atoms with Crippen LogP contribution in [0.15, 0.2) is 29.2 Å². The molecule has 0 aromatic carbocycles. The lowest BCUT2D eigenvalue weighted by Gasteiger charge is -2.49. The van der Waals surface area contributed by atoms with Gasteiger partial charge in [0.25, 0.3) is 5.56 Å². The Morgan fingerprint density at radius 3 is 2.56 bits per heavy atom. The Kier molecular flexibility index (Phi) is 6.56. The van der Waals surface area contributed by atoms with Gasteiger partial charge in [0.2, 0.25) is 5.95 Å². The Bertz CT molecular complexity index is 1370. The van der Waals surface area contributed by atoms with E-state index in [0.29, 0.717) is 29.4 Å². The van der Waals surface area contributed by atoms with Crippen LogP contribution in [0.5, 0.6) is 0 Å². The summed E-state index contributed by atoms with van der Waals surface area (Å²) in [5.41, 5.74) is 3.51. The molecule has 0 N–H and O–H groups in total. The van der Waals surface area contributed by atoms with Crippen LogP contribution in [0.25, 0.3) is 5.65 Å². The van der Waals surface area contributed by atoms with E-state index in [0.717, 1.165) is 43.6 Å². The zero-order valence-corrected chi connectivity index (χ0v) is 21.5. The van der Waals surface area contributed by atoms with Gasteiger partial charge < -0.3 is 4.90 Å². The zero-order chi connectivity index (χ0) is 25.6. The zero-order valence-electron chi connectivity index (χ0n) is 21.5. The summed E-state index contributed by atoms with van der Waals surface area (Å²) in [7, 11) is 1.71. The predicted molar refractivity (Wildman–Crippen MR) is 137 cm³/mol. The molecule has 0 amide bonds. The highest BCUT2D eigenvalue weighted by Gasteiger charge is 2.37. The van der Waals surface area contributed by atoms with Gasteiger partial charge >= 0.3 is 0 Å². The van der Waals surface area contributed by atoms with Gasteiger partial charge in [0.15, 0.2) is 5.65 Å². The van der Waals surface area contributed by atoms with Crippen LogP contribution in [-0.2, 0) is 13.5 Å². The van der Waals surface area contributed by atoms with Gasteiger partial charge in [-0.05, 0) is 38.7 Å². The summed E-state index contributed by atoms with van der Waals surface area (Å²) in [6.07, 6.45) is 5.92. The first kappa shape index (κ1) is 24.4. The number of aryl methyl sites for hydroxylation is 1. The van der Waals surface area contributed by atoms with Gasteiger partial charge in [-0.2, -0.15) is 9.65 Å². The van der Waals surface area contributed by atoms with Crippen molar-refractivity contribution < 1.29 is 4.39 Å². The quantitative estimate of drug-likeness (QED) is 0.466. The first-order chi connectivity index (χ1) is 17.4. The topological polar surface area (TPSA) is 82.5 Å². The van der Waals surface area contributed by atoms with Crippen molar-refractivity contribution in [3.8, 4) is 6.07 Å². The van der Waals surface area contributed by atoms with Gasteiger partial charge in [-0.3, -0.25) is 9.69 Å². The molecule has 9 heteroatoms. The van der Waals surface area contributed by atoms with Crippen LogP contribution in [-0.4, -0.2) is 49.2 Å². The normalized spacial score (nSPS) is 21.6. The molecule has 190 valence electrons. The molecule has 5 rings (SSSR count). The minimum absolute atomic E-state index is 0.107. The molecule has 4 heterocycles. The van der Waals surface area contributed by atoms with Crippen molar-refractivity contribution in [2.24, 2.45) is 7.05 Å². The third-order valence-corrected chi connectivity index (χ3v) is 7.96. The SMILES string of the molecule is CC[C@H]1CN(C(C)c2ccc(C3CC3)nc2F)[C@H](CC)CN1c1cc(=O)n(C)n2cc(CC#N)nc12. The van der Waals surface area contributed by atoms with Crippen LogP contribution in [0.4, 0.5) is 10.1 Å². The molecule has 0 radical (unpaired) electrons. The van der Waals surface area contributed by atoms with Crippen molar-refractivity contribution in [2.45, 2.75) is 76.9 Å². The van der Waals surface area contributed by atoms with E-state index in [1.807, 2.05) is 12.1 Å². The van der Waals surface area contributed by atoms with Crippen molar-refractivity contribution in [1.82, 2.24) is 24.1 Å². The fourth-order valence-electron chi connectivity index (χ4n) is 5.59. The number of hydrogen-bond donors (Lipinski definition) is 0. The molecule has 1 unspecified atom stereocenters. The highest BCUT2D eigenvalue weighted by Crippen LogP contribution is 2.40. The number of hydrogen-bond acceptors (Lipinski definition) is 6. The minimum atomic E-state index is -0.354. The second-order valence-corrected chi connectivity index (χ2v) is 10.2. The third-order valence-electron chi connectivity index (χ3n) is 7.96. The Labute approximate surface area is 211 Å². The smallest absolute Gasteiger partial charge is 0.267 e. The van der Waals surface area contributed by atoms with Crippen LogP contribution in [0.2, 0.25) is 0 Å². The Morgan fingerprint density at radius 1 is 1.17 bits per heavy atom. The molecule has 0 bridgehead atoms. The molecule has 1 saturated carbocycles. The van der Waals surface area contributed by atoms with Crippen LogP contribution < -0.4 is 10.5 Å². The van der Waals surface area contributed by atoms with Gasteiger partial charge in [0.05, 0.1) is 30.1 Å². The van der Waals surface area contributed by atoms with Crippen molar-refractivity contribution >= 4 is 11.3 Å². The molecule has 1 saturated heterocycles. The van der Waals surface area contributed by atoms with Gasteiger partial charge in [-0.15, -0.1) is 0 Å². The average Bonchev–Trinajstić information content (AvgIpc) is 3.65. The van der Waals surface area contributed by atoms with E-state index < -0.39 is 0 Å². The number of imidazole rings is 1. The van der Waals surface area contributed by atoms with Gasteiger partial charge in [-0.25, -0.2) is 19.2 Å². The van der Waals surface area contributed by atoms with E-state index in [9.17, 15) is 4.79 Å². The van der Waals surface area contributed by atoms with E-state index in [1.54, 1.807) is 23.8 Å². The molecular formula is C27H34FN7O. The summed E-state index contributed by atoms with van der Waals surface area (Å²) in [5, 5.41) is 9.16.